The quantitative estimate of drug-likeness (QED) is 0.615. The van der Waals surface area contributed by atoms with Crippen LogP contribution in [0.2, 0.25) is 0 Å². The third kappa shape index (κ3) is 2.42. The first-order valence-corrected chi connectivity index (χ1v) is 5.27. The van der Waals surface area contributed by atoms with Gasteiger partial charge in [-0.15, -0.1) is 0 Å². The molecule has 0 aliphatic heterocycles. The fraction of sp³-hybridized carbons (Fsp3) is 1.00. The predicted octanol–water partition coefficient (Wildman–Crippen LogP) is 1.16. The number of nitrogens with zero attached hydrogens (tertiary/aromatic N) is 1. The van der Waals surface area contributed by atoms with Crippen molar-refractivity contribution in [3.05, 3.63) is 0 Å². The van der Waals surface area contributed by atoms with Crippen LogP contribution in [0.5, 0.6) is 0 Å². The molecule has 0 aliphatic carbocycles. The minimum absolute atomic E-state index is 0.233. The summed E-state index contributed by atoms with van der Waals surface area (Å²) in [6, 6.07) is 0. The van der Waals surface area contributed by atoms with Gasteiger partial charge in [-0.25, -0.2) is 0 Å². The number of aliphatic hydroxyl groups is 1. The lowest BCUT2D eigenvalue weighted by Gasteiger charge is -2.44. The van der Waals surface area contributed by atoms with Crippen molar-refractivity contribution in [3.8, 4) is 0 Å². The predicted molar refractivity (Wildman–Crippen MR) is 56.4 cm³/mol. The van der Waals surface area contributed by atoms with Crippen LogP contribution in [0.25, 0.3) is 0 Å². The van der Waals surface area contributed by atoms with Crippen molar-refractivity contribution in [2.75, 3.05) is 13.1 Å². The second kappa shape index (κ2) is 5.58. The highest BCUT2D eigenvalue weighted by atomic mass is 16.3. The van der Waals surface area contributed by atoms with Crippen molar-refractivity contribution >= 4 is 0 Å². The molecular formula is C10H24N2O. The van der Waals surface area contributed by atoms with Gasteiger partial charge in [0.05, 0.1) is 5.54 Å². The summed E-state index contributed by atoms with van der Waals surface area (Å²) in [4.78, 5) is 2.25. The SMILES string of the molecule is CCN(CC)C(CC)(CC)C(N)O. The molecule has 0 bridgehead atoms. The molecule has 0 saturated heterocycles. The maximum atomic E-state index is 9.63. The van der Waals surface area contributed by atoms with E-state index < -0.39 is 6.23 Å². The largest absolute Gasteiger partial charge is 0.377 e. The van der Waals surface area contributed by atoms with Crippen LogP contribution in [0, 0.1) is 0 Å². The maximum absolute atomic E-state index is 9.63. The summed E-state index contributed by atoms with van der Waals surface area (Å²) in [5, 5.41) is 9.63. The Hall–Kier alpha value is -0.120. The van der Waals surface area contributed by atoms with Gasteiger partial charge in [0, 0.05) is 0 Å². The van der Waals surface area contributed by atoms with Crippen molar-refractivity contribution in [2.24, 2.45) is 5.73 Å². The zero-order chi connectivity index (χ0) is 10.5. The lowest BCUT2D eigenvalue weighted by atomic mass is 9.88. The number of rotatable bonds is 6. The van der Waals surface area contributed by atoms with E-state index in [4.69, 9.17) is 5.73 Å². The van der Waals surface area contributed by atoms with Gasteiger partial charge in [0.25, 0.3) is 0 Å². The first-order chi connectivity index (χ1) is 6.08. The molecule has 0 heterocycles. The third-order valence-electron chi connectivity index (χ3n) is 3.17. The molecule has 0 aromatic carbocycles. The Morgan fingerprint density at radius 1 is 1.15 bits per heavy atom. The van der Waals surface area contributed by atoms with Crippen LogP contribution < -0.4 is 5.73 Å². The molecule has 3 heteroatoms. The lowest BCUT2D eigenvalue weighted by Crippen LogP contribution is -2.59. The molecule has 0 aromatic rings. The zero-order valence-corrected chi connectivity index (χ0v) is 9.38. The highest BCUT2D eigenvalue weighted by molar-refractivity contribution is 4.91. The molecule has 3 nitrogen and oxygen atoms in total. The Bertz CT molecular complexity index is 129. The van der Waals surface area contributed by atoms with Crippen LogP contribution >= 0.6 is 0 Å². The molecule has 1 unspecified atom stereocenters. The Kier molecular flexibility index (Phi) is 5.53. The maximum Gasteiger partial charge on any atom is 0.120 e. The monoisotopic (exact) mass is 188 g/mol. The summed E-state index contributed by atoms with van der Waals surface area (Å²) in [6.07, 6.45) is 1.04. The molecule has 3 N–H and O–H groups in total. The third-order valence-corrected chi connectivity index (χ3v) is 3.17. The fourth-order valence-corrected chi connectivity index (χ4v) is 2.16. The van der Waals surface area contributed by atoms with Crippen LogP contribution in [0.4, 0.5) is 0 Å². The molecule has 80 valence electrons. The standard InChI is InChI=1S/C10H24N2O/c1-5-10(6-2,9(11)13)12(7-3)8-4/h9,13H,5-8,11H2,1-4H3. The van der Waals surface area contributed by atoms with Gasteiger partial charge in [0.15, 0.2) is 0 Å². The summed E-state index contributed by atoms with van der Waals surface area (Å²) < 4.78 is 0. The van der Waals surface area contributed by atoms with E-state index >= 15 is 0 Å². The normalized spacial score (nSPS) is 15.0. The van der Waals surface area contributed by atoms with Crippen molar-refractivity contribution in [1.82, 2.24) is 4.90 Å². The highest BCUT2D eigenvalue weighted by Crippen LogP contribution is 2.25. The molecule has 0 aliphatic rings. The first-order valence-electron chi connectivity index (χ1n) is 5.27. The van der Waals surface area contributed by atoms with E-state index in [1.807, 2.05) is 0 Å². The Morgan fingerprint density at radius 2 is 1.54 bits per heavy atom. The Balaban J connectivity index is 4.71. The molecule has 13 heavy (non-hydrogen) atoms. The second-order valence-corrected chi connectivity index (χ2v) is 3.43. The van der Waals surface area contributed by atoms with Gasteiger partial charge in [-0.3, -0.25) is 4.90 Å². The molecule has 1 atom stereocenters. The van der Waals surface area contributed by atoms with Gasteiger partial charge in [0.1, 0.15) is 6.23 Å². The molecule has 0 amide bonds. The van der Waals surface area contributed by atoms with Crippen LogP contribution in [0.3, 0.4) is 0 Å². The van der Waals surface area contributed by atoms with Gasteiger partial charge in [-0.05, 0) is 25.9 Å². The van der Waals surface area contributed by atoms with E-state index in [1.165, 1.54) is 0 Å². The minimum Gasteiger partial charge on any atom is -0.377 e. The van der Waals surface area contributed by atoms with Crippen LogP contribution in [-0.4, -0.2) is 34.9 Å². The summed E-state index contributed by atoms with van der Waals surface area (Å²) in [5.41, 5.74) is 5.43. The van der Waals surface area contributed by atoms with E-state index in [-0.39, 0.29) is 5.54 Å². The molecule has 0 spiro atoms. The van der Waals surface area contributed by atoms with Crippen molar-refractivity contribution in [2.45, 2.75) is 52.3 Å². The van der Waals surface area contributed by atoms with E-state index in [0.717, 1.165) is 25.9 Å². The van der Waals surface area contributed by atoms with Crippen LogP contribution in [0.15, 0.2) is 0 Å². The number of hydrogen-bond donors (Lipinski definition) is 2. The van der Waals surface area contributed by atoms with Crippen LogP contribution in [-0.2, 0) is 0 Å². The van der Waals surface area contributed by atoms with Gasteiger partial charge < -0.3 is 10.8 Å². The number of aliphatic hydroxyl groups excluding tert-OH is 1. The molecule has 0 aromatic heterocycles. The number of likely N-dealkylation sites (N-methyl/N-ethyl adjacent to an activating group) is 1. The average molecular weight is 188 g/mol. The number of nitrogens with two attached hydrogens (primary N) is 1. The van der Waals surface area contributed by atoms with Gasteiger partial charge in [-0.2, -0.15) is 0 Å². The molecular weight excluding hydrogens is 164 g/mol. The topological polar surface area (TPSA) is 49.5 Å². The summed E-state index contributed by atoms with van der Waals surface area (Å²) in [7, 11) is 0. The second-order valence-electron chi connectivity index (χ2n) is 3.43. The zero-order valence-electron chi connectivity index (χ0n) is 9.38. The highest BCUT2D eigenvalue weighted by Gasteiger charge is 2.36. The summed E-state index contributed by atoms with van der Waals surface area (Å²) in [6.45, 7) is 10.2. The molecule has 0 saturated carbocycles. The first kappa shape index (κ1) is 12.9. The molecule has 0 rings (SSSR count). The summed E-state index contributed by atoms with van der Waals surface area (Å²) >= 11 is 0. The van der Waals surface area contributed by atoms with Crippen molar-refractivity contribution in [3.63, 3.8) is 0 Å². The van der Waals surface area contributed by atoms with Gasteiger partial charge >= 0.3 is 0 Å². The van der Waals surface area contributed by atoms with Crippen LogP contribution in [0.1, 0.15) is 40.5 Å². The summed E-state index contributed by atoms with van der Waals surface area (Å²) in [5.74, 6) is 0. The Labute approximate surface area is 81.9 Å². The molecule has 0 fully saturated rings. The minimum atomic E-state index is -0.748. The van der Waals surface area contributed by atoms with Crippen molar-refractivity contribution in [1.29, 1.82) is 0 Å². The lowest BCUT2D eigenvalue weighted by molar-refractivity contribution is -0.0311. The van der Waals surface area contributed by atoms with E-state index in [9.17, 15) is 5.11 Å². The molecule has 0 radical (unpaired) electrons. The smallest absolute Gasteiger partial charge is 0.120 e. The van der Waals surface area contributed by atoms with E-state index in [0.29, 0.717) is 0 Å². The fourth-order valence-electron chi connectivity index (χ4n) is 2.16. The van der Waals surface area contributed by atoms with E-state index in [2.05, 4.69) is 32.6 Å². The average Bonchev–Trinajstić information content (AvgIpc) is 2.13. The van der Waals surface area contributed by atoms with E-state index in [1.54, 1.807) is 0 Å². The van der Waals surface area contributed by atoms with Gasteiger partial charge in [-0.1, -0.05) is 27.7 Å². The van der Waals surface area contributed by atoms with Gasteiger partial charge in [0.2, 0.25) is 0 Å². The Morgan fingerprint density at radius 3 is 1.62 bits per heavy atom. The van der Waals surface area contributed by atoms with Crippen molar-refractivity contribution < 1.29 is 5.11 Å². The number of hydrogen-bond acceptors (Lipinski definition) is 3.